The van der Waals surface area contributed by atoms with Gasteiger partial charge in [-0.3, -0.25) is 0 Å². The summed E-state index contributed by atoms with van der Waals surface area (Å²) >= 11 is 8.71. The summed E-state index contributed by atoms with van der Waals surface area (Å²) in [5.41, 5.74) is 6.28. The molecule has 0 saturated carbocycles. The Bertz CT molecular complexity index is 508. The summed E-state index contributed by atoms with van der Waals surface area (Å²) in [4.78, 5) is 6.06. The average molecular weight is 288 g/mol. The van der Waals surface area contributed by atoms with Crippen molar-refractivity contribution in [3.63, 3.8) is 0 Å². The molecule has 0 bridgehead atoms. The van der Waals surface area contributed by atoms with Crippen molar-refractivity contribution in [1.29, 1.82) is 0 Å². The fraction of sp³-hybridized carbons (Fsp3) is 0.222. The second kappa shape index (κ2) is 5.07. The monoisotopic (exact) mass is 287 g/mol. The quantitative estimate of drug-likeness (QED) is 0.874. The van der Waals surface area contributed by atoms with Crippen molar-refractivity contribution >= 4 is 45.5 Å². The average Bonchev–Trinajstić information content (AvgIpc) is 2.64. The second-order valence-electron chi connectivity index (χ2n) is 3.41. The molecule has 0 aromatic carbocycles. The van der Waals surface area contributed by atoms with E-state index in [1.54, 1.807) is 12.1 Å². The third-order valence-corrected chi connectivity index (χ3v) is 4.02. The molecule has 2 N–H and O–H groups in total. The predicted molar refractivity (Wildman–Crippen MR) is 72.0 cm³/mol. The number of pyridine rings is 1. The van der Waals surface area contributed by atoms with Crippen LogP contribution in [-0.4, -0.2) is 29.3 Å². The van der Waals surface area contributed by atoms with Gasteiger partial charge in [0, 0.05) is 19.8 Å². The maximum Gasteiger partial charge on any atom is 0.208 e. The molecular formula is C9H10ClN5S2. The Morgan fingerprint density at radius 2 is 2.12 bits per heavy atom. The normalized spacial score (nSPS) is 10.5. The third-order valence-electron chi connectivity index (χ3n) is 1.76. The number of aromatic nitrogens is 3. The number of hydrogen-bond acceptors (Lipinski definition) is 7. The Hall–Kier alpha value is -1.05. The van der Waals surface area contributed by atoms with Crippen LogP contribution in [0.2, 0.25) is 5.15 Å². The van der Waals surface area contributed by atoms with Crippen LogP contribution < -0.4 is 10.6 Å². The summed E-state index contributed by atoms with van der Waals surface area (Å²) in [6, 6.07) is 3.37. The van der Waals surface area contributed by atoms with E-state index in [1.165, 1.54) is 23.1 Å². The number of anilines is 2. The first-order valence-corrected chi connectivity index (χ1v) is 6.67. The largest absolute Gasteiger partial charge is 0.399 e. The molecule has 0 fully saturated rings. The minimum atomic E-state index is 0.379. The van der Waals surface area contributed by atoms with Gasteiger partial charge in [-0.1, -0.05) is 22.9 Å². The molecule has 0 aliphatic carbocycles. The van der Waals surface area contributed by atoms with Crippen LogP contribution in [0.4, 0.5) is 10.8 Å². The van der Waals surface area contributed by atoms with E-state index in [2.05, 4.69) is 15.2 Å². The van der Waals surface area contributed by atoms with Gasteiger partial charge in [0.2, 0.25) is 5.13 Å². The molecule has 2 heterocycles. The zero-order valence-electron chi connectivity index (χ0n) is 9.22. The molecule has 5 nitrogen and oxygen atoms in total. The highest BCUT2D eigenvalue weighted by molar-refractivity contribution is 8.01. The summed E-state index contributed by atoms with van der Waals surface area (Å²) in [5.74, 6) is 0. The minimum absolute atomic E-state index is 0.379. The number of nitrogens with zero attached hydrogens (tertiary/aromatic N) is 4. The Kier molecular flexibility index (Phi) is 3.70. The highest BCUT2D eigenvalue weighted by Gasteiger charge is 2.09. The van der Waals surface area contributed by atoms with Crippen LogP contribution in [0.15, 0.2) is 21.5 Å². The molecule has 2 aromatic rings. The van der Waals surface area contributed by atoms with Crippen molar-refractivity contribution in [3.8, 4) is 0 Å². The SMILES string of the molecule is CN(C)c1nnc(Sc2cc(N)cc(Cl)n2)s1. The highest BCUT2D eigenvalue weighted by atomic mass is 35.5. The van der Waals surface area contributed by atoms with Crippen LogP contribution in [-0.2, 0) is 0 Å². The Labute approximate surface area is 112 Å². The molecule has 0 radical (unpaired) electrons. The summed E-state index contributed by atoms with van der Waals surface area (Å²) in [5, 5.41) is 10.0. The van der Waals surface area contributed by atoms with Crippen LogP contribution in [0.5, 0.6) is 0 Å². The maximum absolute atomic E-state index is 5.83. The van der Waals surface area contributed by atoms with Crippen molar-refractivity contribution in [2.75, 3.05) is 24.7 Å². The molecule has 0 spiro atoms. The lowest BCUT2D eigenvalue weighted by Gasteiger charge is -2.03. The lowest BCUT2D eigenvalue weighted by atomic mass is 10.4. The van der Waals surface area contributed by atoms with Crippen LogP contribution in [0.25, 0.3) is 0 Å². The standard InChI is InChI=1S/C9H10ClN5S2/c1-15(2)8-13-14-9(17-8)16-7-4-5(11)3-6(10)12-7/h3-4H,1-2H3,(H2,11,12). The van der Waals surface area contributed by atoms with Gasteiger partial charge < -0.3 is 10.6 Å². The van der Waals surface area contributed by atoms with E-state index in [4.69, 9.17) is 17.3 Å². The maximum atomic E-state index is 5.83. The summed E-state index contributed by atoms with van der Waals surface area (Å²) < 4.78 is 0.808. The topological polar surface area (TPSA) is 67.9 Å². The third kappa shape index (κ3) is 3.21. The number of nitrogen functional groups attached to an aromatic ring is 1. The molecule has 8 heteroatoms. The van der Waals surface area contributed by atoms with Crippen LogP contribution >= 0.6 is 34.7 Å². The van der Waals surface area contributed by atoms with Crippen molar-refractivity contribution in [3.05, 3.63) is 17.3 Å². The van der Waals surface area contributed by atoms with Crippen molar-refractivity contribution in [2.45, 2.75) is 9.37 Å². The molecule has 0 unspecified atom stereocenters. The first kappa shape index (κ1) is 12.4. The fourth-order valence-electron chi connectivity index (χ4n) is 1.06. The zero-order valence-corrected chi connectivity index (χ0v) is 11.6. The van der Waals surface area contributed by atoms with Crippen molar-refractivity contribution in [1.82, 2.24) is 15.2 Å². The van der Waals surface area contributed by atoms with Gasteiger partial charge in [-0.2, -0.15) is 0 Å². The van der Waals surface area contributed by atoms with Crippen LogP contribution in [0, 0.1) is 0 Å². The van der Waals surface area contributed by atoms with E-state index in [0.29, 0.717) is 10.8 Å². The Balaban J connectivity index is 2.19. The molecule has 0 aliphatic heterocycles. The molecule has 2 rings (SSSR count). The lowest BCUT2D eigenvalue weighted by Crippen LogP contribution is -2.07. The molecule has 17 heavy (non-hydrogen) atoms. The van der Waals surface area contributed by atoms with Crippen LogP contribution in [0.1, 0.15) is 0 Å². The smallest absolute Gasteiger partial charge is 0.208 e. The van der Waals surface area contributed by atoms with Crippen molar-refractivity contribution < 1.29 is 0 Å². The van der Waals surface area contributed by atoms with Gasteiger partial charge in [0.05, 0.1) is 0 Å². The van der Waals surface area contributed by atoms with Gasteiger partial charge in [0.15, 0.2) is 4.34 Å². The molecule has 0 saturated heterocycles. The van der Waals surface area contributed by atoms with E-state index in [9.17, 15) is 0 Å². The zero-order chi connectivity index (χ0) is 12.4. The second-order valence-corrected chi connectivity index (χ2v) is 6.02. The lowest BCUT2D eigenvalue weighted by molar-refractivity contribution is 0.970. The molecular weight excluding hydrogens is 278 g/mol. The molecule has 2 aromatic heterocycles. The van der Waals surface area contributed by atoms with Crippen molar-refractivity contribution in [2.24, 2.45) is 0 Å². The first-order valence-electron chi connectivity index (χ1n) is 4.66. The summed E-state index contributed by atoms with van der Waals surface area (Å²) in [7, 11) is 3.84. The minimum Gasteiger partial charge on any atom is -0.399 e. The van der Waals surface area contributed by atoms with E-state index in [0.717, 1.165) is 14.5 Å². The van der Waals surface area contributed by atoms with E-state index >= 15 is 0 Å². The molecule has 0 atom stereocenters. The molecule has 90 valence electrons. The van der Waals surface area contributed by atoms with Crippen LogP contribution in [0.3, 0.4) is 0 Å². The van der Waals surface area contributed by atoms with Gasteiger partial charge in [0.1, 0.15) is 10.2 Å². The van der Waals surface area contributed by atoms with E-state index in [1.807, 2.05) is 19.0 Å². The highest BCUT2D eigenvalue weighted by Crippen LogP contribution is 2.32. The number of halogens is 1. The van der Waals surface area contributed by atoms with Gasteiger partial charge in [-0.15, -0.1) is 10.2 Å². The van der Waals surface area contributed by atoms with Gasteiger partial charge in [-0.25, -0.2) is 4.98 Å². The molecule has 0 amide bonds. The summed E-state index contributed by atoms with van der Waals surface area (Å²) in [6.07, 6.45) is 0. The fourth-order valence-corrected chi connectivity index (χ4v) is 3.07. The first-order chi connectivity index (χ1) is 8.04. The molecule has 0 aliphatic rings. The number of rotatable bonds is 3. The van der Waals surface area contributed by atoms with E-state index in [-0.39, 0.29) is 0 Å². The number of hydrogen-bond donors (Lipinski definition) is 1. The van der Waals surface area contributed by atoms with Gasteiger partial charge in [-0.05, 0) is 23.9 Å². The Morgan fingerprint density at radius 3 is 2.71 bits per heavy atom. The van der Waals surface area contributed by atoms with E-state index < -0.39 is 0 Å². The number of nitrogens with two attached hydrogens (primary N) is 1. The predicted octanol–water partition coefficient (Wildman–Crippen LogP) is 2.39. The summed E-state index contributed by atoms with van der Waals surface area (Å²) in [6.45, 7) is 0. The van der Waals surface area contributed by atoms with Gasteiger partial charge in [0.25, 0.3) is 0 Å². The Morgan fingerprint density at radius 1 is 1.35 bits per heavy atom. The van der Waals surface area contributed by atoms with Gasteiger partial charge >= 0.3 is 0 Å².